The van der Waals surface area contributed by atoms with Crippen molar-refractivity contribution >= 4 is 23.0 Å². The maximum atomic E-state index is 12.4. The fraction of sp³-hybridized carbons (Fsp3) is 0.457. The van der Waals surface area contributed by atoms with Crippen LogP contribution in [0.5, 0.6) is 0 Å². The van der Waals surface area contributed by atoms with E-state index >= 15 is 0 Å². The van der Waals surface area contributed by atoms with Gasteiger partial charge in [0.2, 0.25) is 5.91 Å². The van der Waals surface area contributed by atoms with E-state index < -0.39 is 12.0 Å². The summed E-state index contributed by atoms with van der Waals surface area (Å²) >= 11 is 0. The number of hydrogen-bond donors (Lipinski definition) is 2. The summed E-state index contributed by atoms with van der Waals surface area (Å²) in [5, 5.41) is 2.70. The molecule has 3 unspecified atom stereocenters. The molecule has 0 bridgehead atoms. The van der Waals surface area contributed by atoms with E-state index in [0.717, 1.165) is 38.5 Å². The van der Waals surface area contributed by atoms with Crippen LogP contribution in [0, 0.1) is 0 Å². The number of nitrogens with zero attached hydrogens (tertiary/aromatic N) is 3. The third kappa shape index (κ3) is 13.1. The monoisotopic (exact) mass is 617 g/mol. The van der Waals surface area contributed by atoms with Crippen LogP contribution in [0.4, 0.5) is 0 Å². The molecule has 1 fully saturated rings. The molecule has 10 nitrogen and oxygen atoms in total. The van der Waals surface area contributed by atoms with Crippen LogP contribution in [0.25, 0.3) is 11.2 Å². The molecular formula is C35H47N5O5. The Labute approximate surface area is 265 Å². The summed E-state index contributed by atoms with van der Waals surface area (Å²) < 4.78 is 13.1. The second kappa shape index (κ2) is 20.6. The van der Waals surface area contributed by atoms with Gasteiger partial charge in [0.15, 0.2) is 11.2 Å². The van der Waals surface area contributed by atoms with Gasteiger partial charge in [-0.05, 0) is 64.7 Å². The van der Waals surface area contributed by atoms with Crippen LogP contribution in [0.2, 0.25) is 0 Å². The van der Waals surface area contributed by atoms with Crippen molar-refractivity contribution in [1.82, 2.24) is 24.8 Å². The summed E-state index contributed by atoms with van der Waals surface area (Å²) in [6.45, 7) is 3.83. The smallest absolute Gasteiger partial charge is 0.328 e. The molecule has 0 saturated carbocycles. The van der Waals surface area contributed by atoms with Crippen molar-refractivity contribution in [2.75, 3.05) is 6.61 Å². The average Bonchev–Trinajstić information content (AvgIpc) is 3.69. The minimum absolute atomic E-state index is 0.0781. The number of fused-ring (bicyclic) bond motifs is 1. The Morgan fingerprint density at radius 2 is 1.56 bits per heavy atom. The maximum absolute atomic E-state index is 12.4. The fourth-order valence-electron chi connectivity index (χ4n) is 4.61. The van der Waals surface area contributed by atoms with Crippen LogP contribution in [0.3, 0.4) is 0 Å². The summed E-state index contributed by atoms with van der Waals surface area (Å²) in [4.78, 5) is 47.4. The Morgan fingerprint density at radius 1 is 0.956 bits per heavy atom. The van der Waals surface area contributed by atoms with Crippen LogP contribution in [-0.2, 0) is 19.1 Å². The highest BCUT2D eigenvalue weighted by molar-refractivity contribution is 5.84. The third-order valence-electron chi connectivity index (χ3n) is 7.04. The van der Waals surface area contributed by atoms with E-state index in [1.54, 1.807) is 11.5 Å². The molecule has 2 aromatic heterocycles. The van der Waals surface area contributed by atoms with Crippen molar-refractivity contribution in [3.8, 4) is 0 Å². The van der Waals surface area contributed by atoms with E-state index in [1.807, 2.05) is 12.2 Å². The Hall–Kier alpha value is -4.31. The summed E-state index contributed by atoms with van der Waals surface area (Å²) in [5.41, 5.74) is 0.388. The summed E-state index contributed by atoms with van der Waals surface area (Å²) in [6.07, 6.45) is 35.9. The van der Waals surface area contributed by atoms with Gasteiger partial charge < -0.3 is 19.8 Å². The summed E-state index contributed by atoms with van der Waals surface area (Å²) in [6, 6.07) is -0.756. The highest BCUT2D eigenvalue weighted by Crippen LogP contribution is 2.30. The van der Waals surface area contributed by atoms with Gasteiger partial charge in [-0.3, -0.25) is 14.2 Å². The molecular weight excluding hydrogens is 570 g/mol. The van der Waals surface area contributed by atoms with Crippen LogP contribution in [0.1, 0.15) is 84.3 Å². The van der Waals surface area contributed by atoms with E-state index in [9.17, 15) is 14.4 Å². The number of aromatic amines is 1. The molecule has 3 rings (SSSR count). The number of carbonyl (C=O) groups excluding carboxylic acids is 2. The van der Waals surface area contributed by atoms with Crippen LogP contribution in [0.15, 0.2) is 90.4 Å². The highest BCUT2D eigenvalue weighted by atomic mass is 16.6. The van der Waals surface area contributed by atoms with Crippen LogP contribution in [-0.4, -0.2) is 50.1 Å². The molecule has 1 aliphatic heterocycles. The molecule has 0 radical (unpaired) electrons. The normalized spacial score (nSPS) is 18.2. The van der Waals surface area contributed by atoms with Gasteiger partial charge in [-0.1, -0.05) is 79.8 Å². The maximum Gasteiger partial charge on any atom is 0.328 e. The zero-order valence-corrected chi connectivity index (χ0v) is 26.5. The van der Waals surface area contributed by atoms with E-state index in [0.29, 0.717) is 31.3 Å². The molecule has 2 aromatic rings. The van der Waals surface area contributed by atoms with Gasteiger partial charge in [0.05, 0.1) is 18.8 Å². The predicted octanol–water partition coefficient (Wildman–Crippen LogP) is 6.32. The van der Waals surface area contributed by atoms with Crippen molar-refractivity contribution in [3.63, 3.8) is 0 Å². The van der Waals surface area contributed by atoms with Gasteiger partial charge in [0, 0.05) is 6.42 Å². The SMILES string of the molecule is CCC=CCC=CCC=CCC=CCC=CCC=CCCC(=O)NC(C)C(=O)OCC1CCC(n2cnc3c(=O)[nH]cnc32)O1. The Morgan fingerprint density at radius 3 is 2.18 bits per heavy atom. The van der Waals surface area contributed by atoms with Crippen molar-refractivity contribution in [2.24, 2.45) is 0 Å². The van der Waals surface area contributed by atoms with E-state index in [-0.39, 0.29) is 35.9 Å². The zero-order chi connectivity index (χ0) is 32.1. The molecule has 0 aliphatic carbocycles. The van der Waals surface area contributed by atoms with Crippen LogP contribution >= 0.6 is 0 Å². The lowest BCUT2D eigenvalue weighted by atomic mass is 10.2. The number of ether oxygens (including phenoxy) is 2. The van der Waals surface area contributed by atoms with E-state index in [1.165, 1.54) is 12.7 Å². The third-order valence-corrected chi connectivity index (χ3v) is 7.04. The second-order valence-electron chi connectivity index (χ2n) is 10.7. The molecule has 242 valence electrons. The van der Waals surface area contributed by atoms with E-state index in [4.69, 9.17) is 9.47 Å². The fourth-order valence-corrected chi connectivity index (χ4v) is 4.61. The van der Waals surface area contributed by atoms with Gasteiger partial charge in [0.25, 0.3) is 5.56 Å². The highest BCUT2D eigenvalue weighted by Gasteiger charge is 2.30. The molecule has 1 saturated heterocycles. The number of aromatic nitrogens is 4. The lowest BCUT2D eigenvalue weighted by Gasteiger charge is -2.17. The number of allylic oxidation sites excluding steroid dienone is 12. The lowest BCUT2D eigenvalue weighted by Crippen LogP contribution is -2.40. The number of carbonyl (C=O) groups is 2. The predicted molar refractivity (Wildman–Crippen MR) is 177 cm³/mol. The Kier molecular flexibility index (Phi) is 16.1. The second-order valence-corrected chi connectivity index (χ2v) is 10.7. The Bertz CT molecular complexity index is 1430. The molecule has 0 aromatic carbocycles. The minimum Gasteiger partial charge on any atom is -0.461 e. The minimum atomic E-state index is -0.756. The molecule has 0 spiro atoms. The zero-order valence-electron chi connectivity index (χ0n) is 26.5. The number of esters is 1. The number of H-pyrrole nitrogens is 1. The molecule has 10 heteroatoms. The summed E-state index contributed by atoms with van der Waals surface area (Å²) in [5.74, 6) is -0.712. The first-order valence-electron chi connectivity index (χ1n) is 15.9. The van der Waals surface area contributed by atoms with Gasteiger partial charge >= 0.3 is 5.97 Å². The molecule has 45 heavy (non-hydrogen) atoms. The number of rotatable bonds is 19. The van der Waals surface area contributed by atoms with Gasteiger partial charge in [0.1, 0.15) is 18.9 Å². The summed E-state index contributed by atoms with van der Waals surface area (Å²) in [7, 11) is 0. The molecule has 3 heterocycles. The largest absolute Gasteiger partial charge is 0.461 e. The first-order valence-corrected chi connectivity index (χ1v) is 15.9. The van der Waals surface area contributed by atoms with Crippen LogP contribution < -0.4 is 10.9 Å². The topological polar surface area (TPSA) is 128 Å². The Balaban J connectivity index is 1.20. The van der Waals surface area contributed by atoms with E-state index in [2.05, 4.69) is 88.0 Å². The van der Waals surface area contributed by atoms with Crippen molar-refractivity contribution < 1.29 is 19.1 Å². The first-order chi connectivity index (χ1) is 22.0. The van der Waals surface area contributed by atoms with Gasteiger partial charge in [-0.15, -0.1) is 0 Å². The number of hydrogen-bond acceptors (Lipinski definition) is 7. The first kappa shape index (κ1) is 35.2. The standard InChI is InChI=1S/C35H47N5O5/c1-3-4-5-6-7-8-9-10-11-12-13-14-15-16-17-18-19-20-21-22-30(41)39-28(2)35(43)44-25-29-23-24-31(45-29)40-27-38-32-33(40)36-26-37-34(32)42/h4-5,7-8,10-11,13-14,16-17,19-20,26-29,31H,3,6,9,12,15,18,21-25H2,1-2H3,(H,39,41)(H,36,37,42). The number of imidazole rings is 1. The number of nitrogens with one attached hydrogen (secondary N) is 2. The lowest BCUT2D eigenvalue weighted by molar-refractivity contribution is -0.151. The number of amides is 1. The average molecular weight is 618 g/mol. The van der Waals surface area contributed by atoms with Crippen molar-refractivity contribution in [1.29, 1.82) is 0 Å². The molecule has 1 amide bonds. The quantitative estimate of drug-likeness (QED) is 0.139. The van der Waals surface area contributed by atoms with Gasteiger partial charge in [-0.2, -0.15) is 0 Å². The molecule has 1 aliphatic rings. The van der Waals surface area contributed by atoms with Crippen molar-refractivity contribution in [3.05, 3.63) is 95.9 Å². The molecule has 2 N–H and O–H groups in total. The molecule has 3 atom stereocenters. The van der Waals surface area contributed by atoms with Crippen molar-refractivity contribution in [2.45, 2.75) is 96.4 Å². The van der Waals surface area contributed by atoms with Gasteiger partial charge in [-0.25, -0.2) is 14.8 Å².